The summed E-state index contributed by atoms with van der Waals surface area (Å²) in [7, 11) is -6.96. The fraction of sp³-hybridized carbons (Fsp3) is 0.500. The van der Waals surface area contributed by atoms with Crippen LogP contribution < -0.4 is 10.0 Å². The Morgan fingerprint density at radius 3 is 2.55 bits per heavy atom. The van der Waals surface area contributed by atoms with Crippen LogP contribution in [0.15, 0.2) is 18.2 Å². The van der Waals surface area contributed by atoms with Gasteiger partial charge in [0.1, 0.15) is 9.84 Å². The molecule has 0 radical (unpaired) electrons. The standard InChI is InChI=1S/C12H18N2O4S2/c1-19(15,16)8-9-20(17,18)14-7-3-4-10-11(13)5-2-6-12(10)14/h2,5-6H,3-4,7-9,13H2,1H3. The van der Waals surface area contributed by atoms with Gasteiger partial charge in [-0.3, -0.25) is 4.31 Å². The minimum absolute atomic E-state index is 0.364. The molecular weight excluding hydrogens is 300 g/mol. The van der Waals surface area contributed by atoms with Gasteiger partial charge < -0.3 is 5.73 Å². The highest BCUT2D eigenvalue weighted by molar-refractivity contribution is 7.95. The lowest BCUT2D eigenvalue weighted by atomic mass is 10.0. The molecule has 1 heterocycles. The Hall–Kier alpha value is -1.28. The van der Waals surface area contributed by atoms with Crippen LogP contribution in [0, 0.1) is 0 Å². The van der Waals surface area contributed by atoms with E-state index in [1.54, 1.807) is 18.2 Å². The normalized spacial score (nSPS) is 15.9. The van der Waals surface area contributed by atoms with Crippen molar-refractivity contribution >= 4 is 31.2 Å². The highest BCUT2D eigenvalue weighted by Gasteiger charge is 2.28. The fourth-order valence-electron chi connectivity index (χ4n) is 2.27. The highest BCUT2D eigenvalue weighted by Crippen LogP contribution is 2.33. The molecule has 1 aromatic rings. The predicted octanol–water partition coefficient (Wildman–Crippen LogP) is 0.396. The van der Waals surface area contributed by atoms with Crippen molar-refractivity contribution in [1.29, 1.82) is 0 Å². The van der Waals surface area contributed by atoms with E-state index in [4.69, 9.17) is 5.73 Å². The number of fused-ring (bicyclic) bond motifs is 1. The maximum absolute atomic E-state index is 12.3. The molecule has 0 aromatic heterocycles. The average Bonchev–Trinajstić information content (AvgIpc) is 2.36. The third kappa shape index (κ3) is 3.24. The van der Waals surface area contributed by atoms with Crippen LogP contribution in [-0.4, -0.2) is 41.1 Å². The molecule has 20 heavy (non-hydrogen) atoms. The van der Waals surface area contributed by atoms with Gasteiger partial charge in [0.2, 0.25) is 10.0 Å². The second-order valence-corrected chi connectivity index (χ2v) is 9.24. The van der Waals surface area contributed by atoms with Gasteiger partial charge in [0.05, 0.1) is 17.2 Å². The quantitative estimate of drug-likeness (QED) is 0.810. The van der Waals surface area contributed by atoms with Gasteiger partial charge in [-0.05, 0) is 30.5 Å². The first-order valence-corrected chi connectivity index (χ1v) is 9.93. The van der Waals surface area contributed by atoms with Crippen molar-refractivity contribution in [2.24, 2.45) is 0 Å². The van der Waals surface area contributed by atoms with E-state index < -0.39 is 25.6 Å². The number of rotatable bonds is 4. The summed E-state index contributed by atoms with van der Waals surface area (Å²) in [6.45, 7) is 0.364. The van der Waals surface area contributed by atoms with E-state index in [0.717, 1.165) is 18.2 Å². The van der Waals surface area contributed by atoms with Crippen LogP contribution >= 0.6 is 0 Å². The van der Waals surface area contributed by atoms with E-state index in [2.05, 4.69) is 0 Å². The summed E-state index contributed by atoms with van der Waals surface area (Å²) in [4.78, 5) is 0. The van der Waals surface area contributed by atoms with E-state index in [9.17, 15) is 16.8 Å². The van der Waals surface area contributed by atoms with Gasteiger partial charge in [0, 0.05) is 18.5 Å². The minimum atomic E-state index is -3.65. The number of nitrogens with zero attached hydrogens (tertiary/aromatic N) is 1. The van der Waals surface area contributed by atoms with Crippen molar-refractivity contribution in [3.05, 3.63) is 23.8 Å². The molecular formula is C12H18N2O4S2. The monoisotopic (exact) mass is 318 g/mol. The molecule has 2 N–H and O–H groups in total. The number of nitrogens with two attached hydrogens (primary N) is 1. The van der Waals surface area contributed by atoms with Crippen LogP contribution in [0.5, 0.6) is 0 Å². The molecule has 2 rings (SSSR count). The fourth-order valence-corrected chi connectivity index (χ4v) is 5.43. The van der Waals surface area contributed by atoms with E-state index in [0.29, 0.717) is 24.3 Å². The Labute approximate surface area is 119 Å². The molecule has 0 saturated carbocycles. The van der Waals surface area contributed by atoms with E-state index >= 15 is 0 Å². The zero-order valence-electron chi connectivity index (χ0n) is 11.2. The minimum Gasteiger partial charge on any atom is -0.398 e. The van der Waals surface area contributed by atoms with Crippen molar-refractivity contribution in [1.82, 2.24) is 0 Å². The zero-order chi connectivity index (χ0) is 15.0. The third-order valence-electron chi connectivity index (χ3n) is 3.29. The van der Waals surface area contributed by atoms with Crippen molar-refractivity contribution in [3.63, 3.8) is 0 Å². The molecule has 112 valence electrons. The van der Waals surface area contributed by atoms with E-state index in [1.807, 2.05) is 0 Å². The summed E-state index contributed by atoms with van der Waals surface area (Å²) in [6, 6.07) is 5.16. The predicted molar refractivity (Wildman–Crippen MR) is 80.0 cm³/mol. The van der Waals surface area contributed by atoms with Gasteiger partial charge in [-0.1, -0.05) is 6.07 Å². The van der Waals surface area contributed by atoms with Crippen LogP contribution in [0.25, 0.3) is 0 Å². The summed E-state index contributed by atoms with van der Waals surface area (Å²) in [5.74, 6) is -0.774. The lowest BCUT2D eigenvalue weighted by molar-refractivity contribution is 0.583. The molecule has 0 atom stereocenters. The molecule has 8 heteroatoms. The number of hydrogen-bond donors (Lipinski definition) is 1. The largest absolute Gasteiger partial charge is 0.398 e. The Kier molecular flexibility index (Phi) is 3.97. The van der Waals surface area contributed by atoms with Crippen LogP contribution in [0.2, 0.25) is 0 Å². The smallest absolute Gasteiger partial charge is 0.236 e. The number of hydrogen-bond acceptors (Lipinski definition) is 5. The number of sulfone groups is 1. The topological polar surface area (TPSA) is 97.5 Å². The van der Waals surface area contributed by atoms with Gasteiger partial charge in [-0.2, -0.15) is 0 Å². The number of anilines is 2. The molecule has 0 amide bonds. The second-order valence-electron chi connectivity index (χ2n) is 4.97. The van der Waals surface area contributed by atoms with Crippen molar-refractivity contribution in [2.75, 3.05) is 34.3 Å². The second kappa shape index (κ2) is 5.25. The molecule has 0 bridgehead atoms. The van der Waals surface area contributed by atoms with Crippen LogP contribution in [0.4, 0.5) is 11.4 Å². The van der Waals surface area contributed by atoms with E-state index in [1.165, 1.54) is 4.31 Å². The molecule has 1 aliphatic rings. The van der Waals surface area contributed by atoms with Gasteiger partial charge in [-0.15, -0.1) is 0 Å². The molecule has 0 fully saturated rings. The lowest BCUT2D eigenvalue weighted by Gasteiger charge is -2.31. The molecule has 1 aromatic carbocycles. The van der Waals surface area contributed by atoms with Crippen LogP contribution in [0.3, 0.4) is 0 Å². The summed E-state index contributed by atoms with van der Waals surface area (Å²) in [5, 5.41) is 0. The van der Waals surface area contributed by atoms with E-state index in [-0.39, 0.29) is 5.75 Å². The Morgan fingerprint density at radius 2 is 1.90 bits per heavy atom. The number of benzene rings is 1. The van der Waals surface area contributed by atoms with Crippen molar-refractivity contribution in [3.8, 4) is 0 Å². The highest BCUT2D eigenvalue weighted by atomic mass is 32.2. The number of nitrogen functional groups attached to an aromatic ring is 1. The van der Waals surface area contributed by atoms with Crippen LogP contribution in [-0.2, 0) is 26.3 Å². The molecule has 0 aliphatic carbocycles. The molecule has 0 spiro atoms. The Bertz CT molecular complexity index is 711. The summed E-state index contributed by atoms with van der Waals surface area (Å²) in [5.41, 5.74) is 7.84. The maximum Gasteiger partial charge on any atom is 0.236 e. The summed E-state index contributed by atoms with van der Waals surface area (Å²) >= 11 is 0. The summed E-state index contributed by atoms with van der Waals surface area (Å²) in [6.07, 6.45) is 2.45. The SMILES string of the molecule is CS(=O)(=O)CCS(=O)(=O)N1CCCc2c(N)cccc21. The van der Waals surface area contributed by atoms with Gasteiger partial charge in [0.15, 0.2) is 0 Å². The summed E-state index contributed by atoms with van der Waals surface area (Å²) < 4.78 is 48.3. The average molecular weight is 318 g/mol. The first-order valence-electron chi connectivity index (χ1n) is 6.26. The molecule has 0 saturated heterocycles. The lowest BCUT2D eigenvalue weighted by Crippen LogP contribution is -2.38. The van der Waals surface area contributed by atoms with Gasteiger partial charge in [0.25, 0.3) is 0 Å². The molecule has 1 aliphatic heterocycles. The first-order chi connectivity index (χ1) is 9.21. The number of sulfonamides is 1. The van der Waals surface area contributed by atoms with Gasteiger partial charge >= 0.3 is 0 Å². The zero-order valence-corrected chi connectivity index (χ0v) is 12.9. The Balaban J connectivity index is 2.33. The van der Waals surface area contributed by atoms with Crippen molar-refractivity contribution < 1.29 is 16.8 Å². The Morgan fingerprint density at radius 1 is 1.20 bits per heavy atom. The maximum atomic E-state index is 12.3. The van der Waals surface area contributed by atoms with Gasteiger partial charge in [-0.25, -0.2) is 16.8 Å². The first kappa shape index (κ1) is 15.1. The molecule has 6 nitrogen and oxygen atoms in total. The van der Waals surface area contributed by atoms with Crippen molar-refractivity contribution in [2.45, 2.75) is 12.8 Å². The third-order valence-corrected chi connectivity index (χ3v) is 6.27. The molecule has 0 unspecified atom stereocenters. The van der Waals surface area contributed by atoms with Crippen LogP contribution in [0.1, 0.15) is 12.0 Å².